The topological polar surface area (TPSA) is 75.6 Å². The van der Waals surface area contributed by atoms with Gasteiger partial charge < -0.3 is 15.2 Å². The first kappa shape index (κ1) is 22.0. The number of fused-ring (bicyclic) bond motifs is 3. The van der Waals surface area contributed by atoms with E-state index in [2.05, 4.69) is 29.3 Å². The molecule has 0 heterocycles. The van der Waals surface area contributed by atoms with E-state index in [1.807, 2.05) is 36.4 Å². The average molecular weight is 447 g/mol. The van der Waals surface area contributed by atoms with Gasteiger partial charge in [-0.3, -0.25) is 0 Å². The number of hydrogen-bond acceptors (Lipinski definition) is 3. The Hall–Kier alpha value is -4.18. The molecule has 1 aliphatic carbocycles. The molecule has 7 heteroatoms. The molecular formula is C26H19F2NO4. The van der Waals surface area contributed by atoms with Crippen LogP contribution in [0.25, 0.3) is 11.1 Å². The monoisotopic (exact) mass is 447 g/mol. The van der Waals surface area contributed by atoms with Crippen LogP contribution < -0.4 is 5.32 Å². The highest BCUT2D eigenvalue weighted by Crippen LogP contribution is 2.44. The molecule has 0 aromatic heterocycles. The molecule has 1 aliphatic rings. The van der Waals surface area contributed by atoms with E-state index in [0.29, 0.717) is 6.07 Å². The summed E-state index contributed by atoms with van der Waals surface area (Å²) in [4.78, 5) is 22.9. The zero-order valence-corrected chi connectivity index (χ0v) is 17.4. The first-order valence-corrected chi connectivity index (χ1v) is 10.3. The molecule has 2 N–H and O–H groups in total. The normalized spacial score (nSPS) is 11.7. The molecule has 0 fully saturated rings. The average Bonchev–Trinajstić information content (AvgIpc) is 3.13. The molecule has 3 aromatic rings. The van der Waals surface area contributed by atoms with Gasteiger partial charge in [0, 0.05) is 18.9 Å². The van der Waals surface area contributed by atoms with Crippen molar-refractivity contribution in [3.05, 3.63) is 94.6 Å². The van der Waals surface area contributed by atoms with Crippen molar-refractivity contribution in [2.45, 2.75) is 12.3 Å². The van der Waals surface area contributed by atoms with Gasteiger partial charge in [-0.05, 0) is 34.4 Å². The van der Waals surface area contributed by atoms with Crippen molar-refractivity contribution in [1.82, 2.24) is 5.32 Å². The van der Waals surface area contributed by atoms with E-state index < -0.39 is 29.3 Å². The summed E-state index contributed by atoms with van der Waals surface area (Å²) in [5.74, 6) is 1.47. The van der Waals surface area contributed by atoms with Crippen LogP contribution in [-0.4, -0.2) is 30.3 Å². The lowest BCUT2D eigenvalue weighted by Crippen LogP contribution is -2.26. The molecule has 33 heavy (non-hydrogen) atoms. The molecule has 166 valence electrons. The number of ether oxygens (including phenoxy) is 1. The number of nitrogens with one attached hydrogen (secondary N) is 1. The molecule has 0 unspecified atom stereocenters. The van der Waals surface area contributed by atoms with E-state index >= 15 is 0 Å². The minimum absolute atomic E-state index is 0.0467. The number of rotatable bonds is 5. The predicted molar refractivity (Wildman–Crippen MR) is 118 cm³/mol. The van der Waals surface area contributed by atoms with Crippen LogP contribution in [0.2, 0.25) is 0 Å². The van der Waals surface area contributed by atoms with Crippen molar-refractivity contribution < 1.29 is 28.2 Å². The summed E-state index contributed by atoms with van der Waals surface area (Å²) in [5, 5.41) is 11.4. The Morgan fingerprint density at radius 3 is 2.24 bits per heavy atom. The maximum atomic E-state index is 13.9. The number of aromatic carboxylic acids is 1. The lowest BCUT2D eigenvalue weighted by molar-refractivity contribution is 0.0691. The van der Waals surface area contributed by atoms with Crippen molar-refractivity contribution >= 4 is 12.1 Å². The van der Waals surface area contributed by atoms with E-state index in [1.165, 1.54) is 0 Å². The van der Waals surface area contributed by atoms with Gasteiger partial charge in [-0.15, -0.1) is 0 Å². The minimum atomic E-state index is -1.56. The third-order valence-electron chi connectivity index (χ3n) is 5.37. The highest BCUT2D eigenvalue weighted by atomic mass is 19.1. The molecule has 0 aliphatic heterocycles. The Morgan fingerprint density at radius 2 is 1.61 bits per heavy atom. The number of alkyl carbamates (subject to hydrolysis) is 1. The number of halogens is 2. The molecular weight excluding hydrogens is 428 g/mol. The standard InChI is InChI=1S/C26H19F2NO4/c27-23-14-21(25(30)31)24(28)13-16(23)7-5-6-12-29-26(32)33-15-22-19-10-3-1-8-17(19)18-9-2-4-11-20(18)22/h1-4,8-11,13-14,22H,6,12,15H2,(H,29,32)(H,30,31). The van der Waals surface area contributed by atoms with Gasteiger partial charge >= 0.3 is 12.1 Å². The maximum absolute atomic E-state index is 13.9. The zero-order chi connectivity index (χ0) is 23.4. The highest BCUT2D eigenvalue weighted by Gasteiger charge is 2.28. The quantitative estimate of drug-likeness (QED) is 0.429. The molecule has 1 amide bonds. The van der Waals surface area contributed by atoms with Crippen LogP contribution in [-0.2, 0) is 4.74 Å². The predicted octanol–water partition coefficient (Wildman–Crippen LogP) is 4.94. The summed E-state index contributed by atoms with van der Waals surface area (Å²) in [7, 11) is 0. The second-order valence-corrected chi connectivity index (χ2v) is 7.42. The lowest BCUT2D eigenvalue weighted by Gasteiger charge is -2.14. The van der Waals surface area contributed by atoms with Gasteiger partial charge in [0.2, 0.25) is 0 Å². The van der Waals surface area contributed by atoms with E-state index in [0.717, 1.165) is 28.3 Å². The summed E-state index contributed by atoms with van der Waals surface area (Å²) >= 11 is 0. The molecule has 0 spiro atoms. The number of carboxylic acid groups (broad SMARTS) is 1. The van der Waals surface area contributed by atoms with Crippen LogP contribution in [0.1, 0.15) is 39.4 Å². The molecule has 0 atom stereocenters. The third-order valence-corrected chi connectivity index (χ3v) is 5.37. The Bertz CT molecular complexity index is 1250. The van der Waals surface area contributed by atoms with Gasteiger partial charge in [0.25, 0.3) is 0 Å². The molecule has 0 saturated heterocycles. The number of carbonyl (C=O) groups excluding carboxylic acids is 1. The Labute approximate surface area is 189 Å². The van der Waals surface area contributed by atoms with E-state index in [4.69, 9.17) is 9.84 Å². The van der Waals surface area contributed by atoms with Crippen molar-refractivity contribution in [2.24, 2.45) is 0 Å². The number of amides is 1. The second kappa shape index (κ2) is 9.53. The van der Waals surface area contributed by atoms with Crippen LogP contribution in [0.15, 0.2) is 60.7 Å². The first-order valence-electron chi connectivity index (χ1n) is 10.3. The number of benzene rings is 3. The smallest absolute Gasteiger partial charge is 0.407 e. The fourth-order valence-electron chi connectivity index (χ4n) is 3.84. The summed E-state index contributed by atoms with van der Waals surface area (Å²) in [6, 6.07) is 17.4. The summed E-state index contributed by atoms with van der Waals surface area (Å²) in [5.41, 5.74) is 3.49. The largest absolute Gasteiger partial charge is 0.478 e. The van der Waals surface area contributed by atoms with Crippen molar-refractivity contribution in [1.29, 1.82) is 0 Å². The second-order valence-electron chi connectivity index (χ2n) is 7.42. The van der Waals surface area contributed by atoms with Gasteiger partial charge in [0.05, 0.1) is 11.1 Å². The van der Waals surface area contributed by atoms with Crippen molar-refractivity contribution in [3.63, 3.8) is 0 Å². The fourth-order valence-corrected chi connectivity index (χ4v) is 3.84. The Balaban J connectivity index is 1.30. The van der Waals surface area contributed by atoms with Crippen molar-refractivity contribution in [2.75, 3.05) is 13.2 Å². The van der Waals surface area contributed by atoms with Crippen LogP contribution in [0.3, 0.4) is 0 Å². The van der Waals surface area contributed by atoms with E-state index in [1.54, 1.807) is 0 Å². The molecule has 4 rings (SSSR count). The van der Waals surface area contributed by atoms with Gasteiger partial charge in [0.1, 0.15) is 18.2 Å². The maximum Gasteiger partial charge on any atom is 0.407 e. The van der Waals surface area contributed by atoms with E-state index in [-0.39, 0.29) is 31.1 Å². The molecule has 5 nitrogen and oxygen atoms in total. The summed E-state index contributed by atoms with van der Waals surface area (Å²) in [6.45, 7) is 0.340. The number of hydrogen-bond donors (Lipinski definition) is 2. The van der Waals surface area contributed by atoms with Gasteiger partial charge in [0.15, 0.2) is 0 Å². The lowest BCUT2D eigenvalue weighted by atomic mass is 9.98. The molecule has 0 saturated carbocycles. The van der Waals surface area contributed by atoms with Gasteiger partial charge in [-0.25, -0.2) is 18.4 Å². The highest BCUT2D eigenvalue weighted by molar-refractivity contribution is 5.88. The Morgan fingerprint density at radius 1 is 0.970 bits per heavy atom. The molecule has 3 aromatic carbocycles. The third kappa shape index (κ3) is 4.70. The molecule has 0 radical (unpaired) electrons. The first-order chi connectivity index (χ1) is 16.0. The SMILES string of the molecule is O=C(NCCC#Cc1cc(F)c(C(=O)O)cc1F)OCC1c2ccccc2-c2ccccc21. The van der Waals surface area contributed by atoms with Gasteiger partial charge in [-0.2, -0.15) is 0 Å². The van der Waals surface area contributed by atoms with Crippen LogP contribution in [0.4, 0.5) is 13.6 Å². The summed E-state index contributed by atoms with van der Waals surface area (Å²) in [6.07, 6.45) is -0.423. The fraction of sp³-hybridized carbons (Fsp3) is 0.154. The van der Waals surface area contributed by atoms with E-state index in [9.17, 15) is 18.4 Å². The minimum Gasteiger partial charge on any atom is -0.478 e. The zero-order valence-electron chi connectivity index (χ0n) is 17.4. The number of carboxylic acids is 1. The van der Waals surface area contributed by atoms with Crippen LogP contribution in [0.5, 0.6) is 0 Å². The van der Waals surface area contributed by atoms with Crippen LogP contribution >= 0.6 is 0 Å². The summed E-state index contributed by atoms with van der Waals surface area (Å²) < 4.78 is 32.9. The Kier molecular flexibility index (Phi) is 6.36. The van der Waals surface area contributed by atoms with Crippen molar-refractivity contribution in [3.8, 4) is 23.0 Å². The number of carbonyl (C=O) groups is 2. The van der Waals surface area contributed by atoms with Gasteiger partial charge in [-0.1, -0.05) is 60.4 Å². The molecule has 0 bridgehead atoms. The van der Waals surface area contributed by atoms with Crippen LogP contribution in [0, 0.1) is 23.5 Å².